The summed E-state index contributed by atoms with van der Waals surface area (Å²) in [6.45, 7) is 3.32. The van der Waals surface area contributed by atoms with Gasteiger partial charge in [-0.2, -0.15) is 0 Å². The van der Waals surface area contributed by atoms with Gasteiger partial charge in [0.2, 0.25) is 11.8 Å². The molecule has 0 aliphatic carbocycles. The molecular formula is C31H28ClN5O2. The minimum absolute atomic E-state index is 0.141. The second-order valence-electron chi connectivity index (χ2n) is 10.1. The van der Waals surface area contributed by atoms with Gasteiger partial charge in [0.25, 0.3) is 0 Å². The van der Waals surface area contributed by atoms with Crippen molar-refractivity contribution in [1.29, 1.82) is 0 Å². The number of halogens is 1. The summed E-state index contributed by atoms with van der Waals surface area (Å²) in [5.74, 6) is -0.598. The molecule has 0 bridgehead atoms. The van der Waals surface area contributed by atoms with Gasteiger partial charge in [-0.15, -0.1) is 0 Å². The Labute approximate surface area is 232 Å². The highest BCUT2D eigenvalue weighted by Gasteiger charge is 2.35. The predicted molar refractivity (Wildman–Crippen MR) is 155 cm³/mol. The van der Waals surface area contributed by atoms with Gasteiger partial charge in [-0.05, 0) is 66.2 Å². The molecular weight excluding hydrogens is 510 g/mol. The number of amides is 2. The lowest BCUT2D eigenvalue weighted by molar-refractivity contribution is -0.132. The van der Waals surface area contributed by atoms with Crippen molar-refractivity contribution in [2.45, 2.75) is 12.3 Å². The van der Waals surface area contributed by atoms with Gasteiger partial charge in [-0.1, -0.05) is 41.9 Å². The van der Waals surface area contributed by atoms with E-state index in [0.29, 0.717) is 28.5 Å². The minimum atomic E-state index is -0.593. The number of carbonyl (C=O) groups is 2. The number of nitrogens with zero attached hydrogens (tertiary/aromatic N) is 4. The average Bonchev–Trinajstić information content (AvgIpc) is 3.27. The zero-order chi connectivity index (χ0) is 26.9. The molecule has 7 nitrogen and oxygen atoms in total. The molecule has 4 aromatic rings. The van der Waals surface area contributed by atoms with Crippen LogP contribution in [0.25, 0.3) is 10.9 Å². The van der Waals surface area contributed by atoms with Crippen LogP contribution in [0.2, 0.25) is 5.02 Å². The number of aromatic nitrogens is 1. The molecule has 1 unspecified atom stereocenters. The molecule has 2 amide bonds. The molecule has 2 aliphatic rings. The fraction of sp³-hybridized carbons (Fsp3) is 0.226. The van der Waals surface area contributed by atoms with Crippen molar-refractivity contribution in [2.24, 2.45) is 4.99 Å². The van der Waals surface area contributed by atoms with Gasteiger partial charge >= 0.3 is 0 Å². The molecule has 2 aliphatic heterocycles. The fourth-order valence-corrected chi connectivity index (χ4v) is 5.38. The molecule has 1 fully saturated rings. The smallest absolute Gasteiger partial charge is 0.238 e. The summed E-state index contributed by atoms with van der Waals surface area (Å²) in [5, 5.41) is 4.49. The number of hydrogen-bond donors (Lipinski definition) is 1. The molecule has 1 atom stereocenters. The molecule has 1 N–H and O–H groups in total. The zero-order valence-electron chi connectivity index (χ0n) is 21.6. The summed E-state index contributed by atoms with van der Waals surface area (Å²) >= 11 is 6.20. The Morgan fingerprint density at radius 1 is 1.03 bits per heavy atom. The monoisotopic (exact) mass is 537 g/mol. The van der Waals surface area contributed by atoms with E-state index in [2.05, 4.69) is 22.2 Å². The standard InChI is InChI=1S/C31H28ClN5O2/c1-36-13-15-37(16-14-36)28(38)17-20-4-8-24(9-5-20)34-30(22-6-11-26-21(18-22)3-2-12-33-26)29-25-10-7-23(32)19-27(25)35-31(29)39/h2-12,18-19,29H,13-17H2,1H3,(H,35,39). The summed E-state index contributed by atoms with van der Waals surface area (Å²) in [7, 11) is 2.08. The second-order valence-corrected chi connectivity index (χ2v) is 10.5. The maximum atomic E-state index is 13.3. The third-order valence-electron chi connectivity index (χ3n) is 7.42. The number of benzene rings is 3. The van der Waals surface area contributed by atoms with E-state index in [0.717, 1.165) is 53.8 Å². The number of piperazine rings is 1. The summed E-state index contributed by atoms with van der Waals surface area (Å²) in [4.78, 5) is 39.7. The van der Waals surface area contributed by atoms with Crippen LogP contribution >= 0.6 is 11.6 Å². The number of hydrogen-bond acceptors (Lipinski definition) is 5. The van der Waals surface area contributed by atoms with Crippen molar-refractivity contribution in [3.8, 4) is 0 Å². The van der Waals surface area contributed by atoms with Gasteiger partial charge in [0.05, 0.1) is 23.3 Å². The van der Waals surface area contributed by atoms with Crippen LogP contribution in [0.4, 0.5) is 11.4 Å². The van der Waals surface area contributed by atoms with Crippen molar-refractivity contribution in [3.05, 3.63) is 101 Å². The Kier molecular flexibility index (Phi) is 6.85. The van der Waals surface area contributed by atoms with Crippen molar-refractivity contribution in [3.63, 3.8) is 0 Å². The Balaban J connectivity index is 1.33. The lowest BCUT2D eigenvalue weighted by atomic mass is 9.90. The number of pyridine rings is 1. The van der Waals surface area contributed by atoms with E-state index in [9.17, 15) is 9.59 Å². The summed E-state index contributed by atoms with van der Waals surface area (Å²) in [5.41, 5.74) is 5.54. The number of carbonyl (C=O) groups excluding carboxylic acids is 2. The van der Waals surface area contributed by atoms with Crippen LogP contribution in [-0.2, 0) is 16.0 Å². The second kappa shape index (κ2) is 10.6. The maximum Gasteiger partial charge on any atom is 0.238 e. The van der Waals surface area contributed by atoms with Crippen LogP contribution in [0, 0.1) is 0 Å². The van der Waals surface area contributed by atoms with Crippen molar-refractivity contribution < 1.29 is 9.59 Å². The molecule has 6 rings (SSSR count). The van der Waals surface area contributed by atoms with E-state index < -0.39 is 5.92 Å². The predicted octanol–water partition coefficient (Wildman–Crippen LogP) is 5.06. The molecule has 0 saturated carbocycles. The van der Waals surface area contributed by atoms with Gasteiger partial charge < -0.3 is 15.1 Å². The van der Waals surface area contributed by atoms with E-state index in [1.165, 1.54) is 0 Å². The SMILES string of the molecule is CN1CCN(C(=O)Cc2ccc(N=C(c3ccc4ncccc4c3)C3C(=O)Nc4cc(Cl)ccc43)cc2)CC1. The molecule has 0 spiro atoms. The molecule has 0 radical (unpaired) electrons. The quantitative estimate of drug-likeness (QED) is 0.361. The van der Waals surface area contributed by atoms with Gasteiger partial charge in [0, 0.05) is 48.5 Å². The average molecular weight is 538 g/mol. The number of aliphatic imine (C=N–C) groups is 1. The molecule has 196 valence electrons. The largest absolute Gasteiger partial charge is 0.340 e. The summed E-state index contributed by atoms with van der Waals surface area (Å²) < 4.78 is 0. The molecule has 3 heterocycles. The third kappa shape index (κ3) is 5.28. The summed E-state index contributed by atoms with van der Waals surface area (Å²) in [6, 6.07) is 23.0. The number of rotatable bonds is 5. The van der Waals surface area contributed by atoms with Crippen LogP contribution in [-0.4, -0.2) is 65.5 Å². The number of anilines is 1. The Hall–Kier alpha value is -4.07. The molecule has 3 aromatic carbocycles. The topological polar surface area (TPSA) is 77.9 Å². The van der Waals surface area contributed by atoms with Crippen LogP contribution < -0.4 is 5.32 Å². The lowest BCUT2D eigenvalue weighted by Gasteiger charge is -2.32. The first-order valence-corrected chi connectivity index (χ1v) is 13.4. The Morgan fingerprint density at radius 2 is 1.82 bits per heavy atom. The van der Waals surface area contributed by atoms with Crippen LogP contribution in [0.1, 0.15) is 22.6 Å². The van der Waals surface area contributed by atoms with Gasteiger partial charge in [0.1, 0.15) is 5.92 Å². The highest BCUT2D eigenvalue weighted by molar-refractivity contribution is 6.31. The molecule has 8 heteroatoms. The molecule has 1 saturated heterocycles. The highest BCUT2D eigenvalue weighted by Crippen LogP contribution is 2.38. The fourth-order valence-electron chi connectivity index (χ4n) is 5.21. The first-order valence-electron chi connectivity index (χ1n) is 13.0. The first kappa shape index (κ1) is 25.2. The van der Waals surface area contributed by atoms with Gasteiger partial charge in [0.15, 0.2) is 0 Å². The van der Waals surface area contributed by atoms with Gasteiger partial charge in [-0.3, -0.25) is 19.6 Å². The minimum Gasteiger partial charge on any atom is -0.340 e. The normalized spacial score (nSPS) is 17.8. The highest BCUT2D eigenvalue weighted by atomic mass is 35.5. The van der Waals surface area contributed by atoms with E-state index in [1.54, 1.807) is 18.3 Å². The lowest BCUT2D eigenvalue weighted by Crippen LogP contribution is -2.47. The molecule has 39 heavy (non-hydrogen) atoms. The van der Waals surface area contributed by atoms with E-state index >= 15 is 0 Å². The summed E-state index contributed by atoms with van der Waals surface area (Å²) in [6.07, 6.45) is 2.12. The van der Waals surface area contributed by atoms with Crippen molar-refractivity contribution >= 4 is 51.4 Å². The zero-order valence-corrected chi connectivity index (χ0v) is 22.4. The van der Waals surface area contributed by atoms with Crippen molar-refractivity contribution in [2.75, 3.05) is 38.5 Å². The maximum absolute atomic E-state index is 13.3. The van der Waals surface area contributed by atoms with E-state index in [1.807, 2.05) is 65.6 Å². The Bertz CT molecular complexity index is 1590. The van der Waals surface area contributed by atoms with E-state index in [4.69, 9.17) is 16.6 Å². The van der Waals surface area contributed by atoms with E-state index in [-0.39, 0.29) is 11.8 Å². The van der Waals surface area contributed by atoms with Gasteiger partial charge in [-0.25, -0.2) is 0 Å². The van der Waals surface area contributed by atoms with Crippen LogP contribution in [0.3, 0.4) is 0 Å². The number of likely N-dealkylation sites (N-methyl/N-ethyl adjacent to an activating group) is 1. The molecule has 1 aromatic heterocycles. The van der Waals surface area contributed by atoms with Crippen molar-refractivity contribution in [1.82, 2.24) is 14.8 Å². The number of nitrogens with one attached hydrogen (secondary N) is 1. The van der Waals surface area contributed by atoms with Crippen LogP contribution in [0.5, 0.6) is 0 Å². The Morgan fingerprint density at radius 3 is 2.62 bits per heavy atom. The third-order valence-corrected chi connectivity index (χ3v) is 7.65. The number of fused-ring (bicyclic) bond motifs is 2. The van der Waals surface area contributed by atoms with Crippen LogP contribution in [0.15, 0.2) is 84.0 Å². The first-order chi connectivity index (χ1) is 18.9.